The summed E-state index contributed by atoms with van der Waals surface area (Å²) in [5, 5.41) is 6.77. The first kappa shape index (κ1) is 10.4. The predicted octanol–water partition coefficient (Wildman–Crippen LogP) is 1.32. The molecule has 0 atom stereocenters. The molecular formula is C13H16N4. The lowest BCUT2D eigenvalue weighted by Crippen LogP contribution is -2.51. The average Bonchev–Trinajstić information content (AvgIpc) is 2.77. The zero-order valence-electron chi connectivity index (χ0n) is 9.63. The molecule has 1 saturated heterocycles. The normalized spacial score (nSPS) is 15.5. The van der Waals surface area contributed by atoms with Crippen LogP contribution in [0.3, 0.4) is 0 Å². The van der Waals surface area contributed by atoms with Gasteiger partial charge >= 0.3 is 0 Å². The van der Waals surface area contributed by atoms with Crippen molar-refractivity contribution in [1.29, 1.82) is 0 Å². The van der Waals surface area contributed by atoms with Gasteiger partial charge in [-0.2, -0.15) is 0 Å². The van der Waals surface area contributed by atoms with Crippen LogP contribution >= 0.6 is 0 Å². The second kappa shape index (κ2) is 4.59. The smallest absolute Gasteiger partial charge is 0.0949 e. The molecule has 2 aromatic rings. The van der Waals surface area contributed by atoms with Crippen LogP contribution in [0.4, 0.5) is 5.69 Å². The van der Waals surface area contributed by atoms with Crippen LogP contribution in [-0.4, -0.2) is 28.7 Å². The molecule has 0 aliphatic carbocycles. The Morgan fingerprint density at radius 3 is 3.06 bits per heavy atom. The molecule has 3 rings (SSSR count). The third-order valence-electron chi connectivity index (χ3n) is 3.00. The molecule has 1 aromatic heterocycles. The molecule has 0 amide bonds. The number of imidazole rings is 1. The molecule has 0 radical (unpaired) electrons. The van der Waals surface area contributed by atoms with Gasteiger partial charge in [-0.1, -0.05) is 12.1 Å². The van der Waals surface area contributed by atoms with E-state index in [4.69, 9.17) is 0 Å². The number of hydrogen-bond donors (Lipinski definition) is 2. The predicted molar refractivity (Wildman–Crippen MR) is 68.1 cm³/mol. The average molecular weight is 228 g/mol. The van der Waals surface area contributed by atoms with Gasteiger partial charge in [-0.3, -0.25) is 0 Å². The van der Waals surface area contributed by atoms with Gasteiger partial charge in [-0.25, -0.2) is 4.98 Å². The third kappa shape index (κ3) is 2.47. The summed E-state index contributed by atoms with van der Waals surface area (Å²) in [5.41, 5.74) is 2.49. The molecule has 2 heterocycles. The minimum absolute atomic E-state index is 0.582. The van der Waals surface area contributed by atoms with Crippen LogP contribution in [0.2, 0.25) is 0 Å². The van der Waals surface area contributed by atoms with Crippen LogP contribution in [0.1, 0.15) is 5.56 Å². The molecule has 17 heavy (non-hydrogen) atoms. The second-order valence-corrected chi connectivity index (χ2v) is 4.43. The van der Waals surface area contributed by atoms with E-state index in [1.807, 2.05) is 18.7 Å². The Balaban J connectivity index is 1.69. The Hall–Kier alpha value is -1.81. The Morgan fingerprint density at radius 1 is 1.41 bits per heavy atom. The zero-order valence-corrected chi connectivity index (χ0v) is 9.63. The van der Waals surface area contributed by atoms with E-state index in [1.54, 1.807) is 0 Å². The van der Waals surface area contributed by atoms with Gasteiger partial charge in [-0.15, -0.1) is 0 Å². The maximum Gasteiger partial charge on any atom is 0.0949 e. The van der Waals surface area contributed by atoms with Gasteiger partial charge in [0.15, 0.2) is 0 Å². The van der Waals surface area contributed by atoms with Crippen molar-refractivity contribution in [1.82, 2.24) is 14.9 Å². The molecule has 1 aromatic carbocycles. The number of aromatic nitrogens is 2. The number of hydrogen-bond acceptors (Lipinski definition) is 3. The molecule has 4 nitrogen and oxygen atoms in total. The molecule has 0 spiro atoms. The molecule has 1 fully saturated rings. The molecule has 1 aliphatic rings. The second-order valence-electron chi connectivity index (χ2n) is 4.43. The SMILES string of the molecule is c1cc(Cn2ccnc2)cc(NC2CNC2)c1. The van der Waals surface area contributed by atoms with Crippen molar-refractivity contribution in [2.45, 2.75) is 12.6 Å². The zero-order chi connectivity index (χ0) is 11.5. The molecule has 4 heteroatoms. The first-order chi connectivity index (χ1) is 8.40. The summed E-state index contributed by atoms with van der Waals surface area (Å²) in [7, 11) is 0. The number of nitrogens with one attached hydrogen (secondary N) is 2. The third-order valence-corrected chi connectivity index (χ3v) is 3.00. The summed E-state index contributed by atoms with van der Waals surface area (Å²) in [5.74, 6) is 0. The van der Waals surface area contributed by atoms with Crippen LogP contribution in [-0.2, 0) is 6.54 Å². The van der Waals surface area contributed by atoms with E-state index in [0.29, 0.717) is 6.04 Å². The molecule has 0 saturated carbocycles. The van der Waals surface area contributed by atoms with Crippen molar-refractivity contribution >= 4 is 5.69 Å². The number of rotatable bonds is 4. The highest BCUT2D eigenvalue weighted by Crippen LogP contribution is 2.14. The van der Waals surface area contributed by atoms with Gasteiger partial charge in [0, 0.05) is 37.7 Å². The number of nitrogens with zero attached hydrogens (tertiary/aromatic N) is 2. The fraction of sp³-hybridized carbons (Fsp3) is 0.308. The fourth-order valence-corrected chi connectivity index (χ4v) is 1.98. The van der Waals surface area contributed by atoms with E-state index >= 15 is 0 Å². The number of benzene rings is 1. The Labute approximate surface area is 101 Å². The van der Waals surface area contributed by atoms with Gasteiger partial charge in [-0.05, 0) is 17.7 Å². The first-order valence-corrected chi connectivity index (χ1v) is 5.92. The lowest BCUT2D eigenvalue weighted by atomic mass is 10.1. The maximum atomic E-state index is 4.05. The van der Waals surface area contributed by atoms with Crippen LogP contribution in [0.25, 0.3) is 0 Å². The molecular weight excluding hydrogens is 212 g/mol. The summed E-state index contributed by atoms with van der Waals surface area (Å²) in [4.78, 5) is 4.05. The van der Waals surface area contributed by atoms with Gasteiger partial charge in [0.2, 0.25) is 0 Å². The Morgan fingerprint density at radius 2 is 2.35 bits per heavy atom. The molecule has 88 valence electrons. The van der Waals surface area contributed by atoms with E-state index in [1.165, 1.54) is 11.3 Å². The van der Waals surface area contributed by atoms with Crippen LogP contribution in [0.5, 0.6) is 0 Å². The quantitative estimate of drug-likeness (QED) is 0.829. The summed E-state index contributed by atoms with van der Waals surface area (Å²) in [6.45, 7) is 3.00. The lowest BCUT2D eigenvalue weighted by molar-refractivity contribution is 0.472. The highest BCUT2D eigenvalue weighted by atomic mass is 15.1. The monoisotopic (exact) mass is 228 g/mol. The van der Waals surface area contributed by atoms with Gasteiger partial charge in [0.05, 0.1) is 12.4 Å². The van der Waals surface area contributed by atoms with Crippen molar-refractivity contribution in [3.63, 3.8) is 0 Å². The Bertz CT molecular complexity index is 474. The highest BCUT2D eigenvalue weighted by molar-refractivity contribution is 5.47. The molecule has 1 aliphatic heterocycles. The molecule has 0 unspecified atom stereocenters. The van der Waals surface area contributed by atoms with Crippen molar-refractivity contribution in [2.75, 3.05) is 18.4 Å². The minimum atomic E-state index is 0.582. The topological polar surface area (TPSA) is 41.9 Å². The van der Waals surface area contributed by atoms with Gasteiger partial charge in [0.25, 0.3) is 0 Å². The molecule has 0 bridgehead atoms. The van der Waals surface area contributed by atoms with Crippen molar-refractivity contribution in [2.24, 2.45) is 0 Å². The van der Waals surface area contributed by atoms with Crippen molar-refractivity contribution in [3.05, 3.63) is 48.5 Å². The summed E-state index contributed by atoms with van der Waals surface area (Å²) in [6.07, 6.45) is 5.63. The largest absolute Gasteiger partial charge is 0.380 e. The Kier molecular flexibility index (Phi) is 2.80. The van der Waals surface area contributed by atoms with E-state index in [2.05, 4.69) is 44.5 Å². The lowest BCUT2D eigenvalue weighted by Gasteiger charge is -2.29. The fourth-order valence-electron chi connectivity index (χ4n) is 1.98. The van der Waals surface area contributed by atoms with Crippen molar-refractivity contribution < 1.29 is 0 Å². The van der Waals surface area contributed by atoms with Crippen LogP contribution < -0.4 is 10.6 Å². The van der Waals surface area contributed by atoms with Gasteiger partial charge in [0.1, 0.15) is 0 Å². The summed E-state index contributed by atoms with van der Waals surface area (Å²) >= 11 is 0. The van der Waals surface area contributed by atoms with Gasteiger partial charge < -0.3 is 15.2 Å². The summed E-state index contributed by atoms with van der Waals surface area (Å²) < 4.78 is 2.07. The van der Waals surface area contributed by atoms with Crippen LogP contribution in [0.15, 0.2) is 43.0 Å². The number of anilines is 1. The van der Waals surface area contributed by atoms with Crippen molar-refractivity contribution in [3.8, 4) is 0 Å². The minimum Gasteiger partial charge on any atom is -0.380 e. The summed E-state index contributed by atoms with van der Waals surface area (Å²) in [6, 6.07) is 9.15. The van der Waals surface area contributed by atoms with Crippen LogP contribution in [0, 0.1) is 0 Å². The van der Waals surface area contributed by atoms with E-state index in [9.17, 15) is 0 Å². The molecule has 2 N–H and O–H groups in total. The maximum absolute atomic E-state index is 4.05. The van der Waals surface area contributed by atoms with E-state index in [-0.39, 0.29) is 0 Å². The first-order valence-electron chi connectivity index (χ1n) is 5.92. The highest BCUT2D eigenvalue weighted by Gasteiger charge is 2.15. The standard InChI is InChI=1S/C13H16N4/c1-2-11(9-17-5-4-14-10-17)6-12(3-1)16-13-7-15-8-13/h1-6,10,13,15-16H,7-9H2. The van der Waals surface area contributed by atoms with E-state index in [0.717, 1.165) is 19.6 Å². The van der Waals surface area contributed by atoms with E-state index < -0.39 is 0 Å².